The molecule has 0 spiro atoms. The highest BCUT2D eigenvalue weighted by atomic mass is 16.6. The van der Waals surface area contributed by atoms with Crippen molar-refractivity contribution in [2.45, 2.75) is 52.1 Å². The molecule has 0 saturated heterocycles. The van der Waals surface area contributed by atoms with Crippen molar-refractivity contribution in [2.24, 2.45) is 11.8 Å². The van der Waals surface area contributed by atoms with Gasteiger partial charge in [-0.2, -0.15) is 0 Å². The van der Waals surface area contributed by atoms with Gasteiger partial charge in [0.15, 0.2) is 0 Å². The van der Waals surface area contributed by atoms with E-state index in [-0.39, 0.29) is 12.1 Å². The van der Waals surface area contributed by atoms with E-state index in [1.54, 1.807) is 12.1 Å². The van der Waals surface area contributed by atoms with E-state index in [1.165, 1.54) is 19.1 Å². The van der Waals surface area contributed by atoms with E-state index in [0.717, 1.165) is 19.3 Å². The third-order valence-corrected chi connectivity index (χ3v) is 3.83. The zero-order valence-electron chi connectivity index (χ0n) is 11.2. The third-order valence-electron chi connectivity index (χ3n) is 3.83. The van der Waals surface area contributed by atoms with Crippen LogP contribution in [0.5, 0.6) is 0 Å². The van der Waals surface area contributed by atoms with Crippen LogP contribution in [0.3, 0.4) is 0 Å². The van der Waals surface area contributed by atoms with Crippen molar-refractivity contribution in [1.29, 1.82) is 0 Å². The second-order valence-electron chi connectivity index (χ2n) is 5.39. The average Bonchev–Trinajstić information content (AvgIpc) is 2.86. The van der Waals surface area contributed by atoms with Crippen LogP contribution >= 0.6 is 0 Å². The Kier molecular flexibility index (Phi) is 4.45. The minimum Gasteiger partial charge on any atom is -0.457 e. The molecular formula is C15H22O3. The summed E-state index contributed by atoms with van der Waals surface area (Å²) in [6.45, 7) is 4.42. The van der Waals surface area contributed by atoms with Gasteiger partial charge < -0.3 is 9.15 Å². The zero-order valence-corrected chi connectivity index (χ0v) is 11.2. The molecule has 3 unspecified atom stereocenters. The fraction of sp³-hybridized carbons (Fsp3) is 0.667. The number of hydrogen-bond donors (Lipinski definition) is 0. The highest BCUT2D eigenvalue weighted by molar-refractivity contribution is 5.86. The van der Waals surface area contributed by atoms with Gasteiger partial charge in [0.2, 0.25) is 5.76 Å². The first kappa shape index (κ1) is 13.2. The van der Waals surface area contributed by atoms with Crippen LogP contribution in [0.2, 0.25) is 0 Å². The number of esters is 1. The molecule has 18 heavy (non-hydrogen) atoms. The Hall–Kier alpha value is -1.25. The first-order valence-corrected chi connectivity index (χ1v) is 6.95. The number of carbonyl (C=O) groups is 1. The van der Waals surface area contributed by atoms with Crippen LogP contribution in [0, 0.1) is 11.8 Å². The molecule has 1 heterocycles. The van der Waals surface area contributed by atoms with Crippen LogP contribution in [-0.2, 0) is 4.74 Å². The van der Waals surface area contributed by atoms with Crippen molar-refractivity contribution in [3.05, 3.63) is 24.2 Å². The zero-order chi connectivity index (χ0) is 13.0. The SMILES string of the molecule is CCCC1CCC(C)CC1OC(=O)c1ccco1. The summed E-state index contributed by atoms with van der Waals surface area (Å²) in [5.41, 5.74) is 0. The van der Waals surface area contributed by atoms with Crippen molar-refractivity contribution in [3.63, 3.8) is 0 Å². The molecule has 3 heteroatoms. The fourth-order valence-corrected chi connectivity index (χ4v) is 2.83. The fourth-order valence-electron chi connectivity index (χ4n) is 2.83. The summed E-state index contributed by atoms with van der Waals surface area (Å²) in [7, 11) is 0. The summed E-state index contributed by atoms with van der Waals surface area (Å²) < 4.78 is 10.7. The Morgan fingerprint density at radius 1 is 1.50 bits per heavy atom. The predicted octanol–water partition coefficient (Wildman–Crippen LogP) is 4.04. The molecule has 0 aromatic carbocycles. The Bertz CT molecular complexity index is 369. The lowest BCUT2D eigenvalue weighted by atomic mass is 9.78. The summed E-state index contributed by atoms with van der Waals surface area (Å²) in [5, 5.41) is 0. The molecule has 1 aromatic heterocycles. The van der Waals surface area contributed by atoms with Gasteiger partial charge in [-0.25, -0.2) is 4.79 Å². The smallest absolute Gasteiger partial charge is 0.374 e. The van der Waals surface area contributed by atoms with Crippen LogP contribution < -0.4 is 0 Å². The number of furan rings is 1. The molecule has 0 aliphatic heterocycles. The van der Waals surface area contributed by atoms with Crippen LogP contribution in [0.4, 0.5) is 0 Å². The number of rotatable bonds is 4. The topological polar surface area (TPSA) is 39.4 Å². The molecule has 1 saturated carbocycles. The van der Waals surface area contributed by atoms with E-state index >= 15 is 0 Å². The highest BCUT2D eigenvalue weighted by Crippen LogP contribution is 2.34. The first-order valence-electron chi connectivity index (χ1n) is 6.95. The van der Waals surface area contributed by atoms with E-state index in [1.807, 2.05) is 0 Å². The van der Waals surface area contributed by atoms with Crippen molar-refractivity contribution in [3.8, 4) is 0 Å². The van der Waals surface area contributed by atoms with E-state index in [2.05, 4.69) is 13.8 Å². The molecule has 2 rings (SSSR count). The van der Waals surface area contributed by atoms with Gasteiger partial charge in [0.05, 0.1) is 6.26 Å². The maximum atomic E-state index is 11.9. The summed E-state index contributed by atoms with van der Waals surface area (Å²) in [4.78, 5) is 11.9. The van der Waals surface area contributed by atoms with Crippen LogP contribution in [-0.4, -0.2) is 12.1 Å². The maximum Gasteiger partial charge on any atom is 0.374 e. The van der Waals surface area contributed by atoms with Gasteiger partial charge >= 0.3 is 5.97 Å². The summed E-state index contributed by atoms with van der Waals surface area (Å²) in [6, 6.07) is 3.37. The Labute approximate surface area is 109 Å². The van der Waals surface area contributed by atoms with Crippen LogP contribution in [0.1, 0.15) is 56.5 Å². The normalized spacial score (nSPS) is 28.0. The minimum absolute atomic E-state index is 0.0614. The molecule has 0 N–H and O–H groups in total. The van der Waals surface area contributed by atoms with E-state index < -0.39 is 0 Å². The monoisotopic (exact) mass is 250 g/mol. The Morgan fingerprint density at radius 3 is 3.00 bits per heavy atom. The molecule has 1 fully saturated rings. The third kappa shape index (κ3) is 3.15. The molecule has 3 nitrogen and oxygen atoms in total. The second kappa shape index (κ2) is 6.07. The molecule has 0 radical (unpaired) electrons. The van der Waals surface area contributed by atoms with E-state index in [0.29, 0.717) is 17.6 Å². The predicted molar refractivity (Wildman–Crippen MR) is 69.3 cm³/mol. The molecule has 1 aliphatic rings. The van der Waals surface area contributed by atoms with Crippen molar-refractivity contribution in [2.75, 3.05) is 0 Å². The Morgan fingerprint density at radius 2 is 2.33 bits per heavy atom. The summed E-state index contributed by atoms with van der Waals surface area (Å²) >= 11 is 0. The maximum absolute atomic E-state index is 11.9. The quantitative estimate of drug-likeness (QED) is 0.757. The van der Waals surface area contributed by atoms with Crippen LogP contribution in [0.25, 0.3) is 0 Å². The van der Waals surface area contributed by atoms with E-state index in [4.69, 9.17) is 9.15 Å². The molecule has 3 atom stereocenters. The van der Waals surface area contributed by atoms with Crippen molar-refractivity contribution in [1.82, 2.24) is 0 Å². The lowest BCUT2D eigenvalue weighted by Crippen LogP contribution is -2.33. The number of carbonyl (C=O) groups excluding carboxylic acids is 1. The van der Waals surface area contributed by atoms with Crippen molar-refractivity contribution >= 4 is 5.97 Å². The second-order valence-corrected chi connectivity index (χ2v) is 5.39. The first-order chi connectivity index (χ1) is 8.70. The van der Waals surface area contributed by atoms with Gasteiger partial charge in [0.25, 0.3) is 0 Å². The molecular weight excluding hydrogens is 228 g/mol. The van der Waals surface area contributed by atoms with Gasteiger partial charge in [0.1, 0.15) is 6.10 Å². The summed E-state index contributed by atoms with van der Waals surface area (Å²) in [5.74, 6) is 1.15. The molecule has 1 aromatic rings. The summed E-state index contributed by atoms with van der Waals surface area (Å²) in [6.07, 6.45) is 7.26. The highest BCUT2D eigenvalue weighted by Gasteiger charge is 2.31. The van der Waals surface area contributed by atoms with Gasteiger partial charge in [0, 0.05) is 0 Å². The van der Waals surface area contributed by atoms with Gasteiger partial charge in [-0.15, -0.1) is 0 Å². The molecule has 0 bridgehead atoms. The van der Waals surface area contributed by atoms with Gasteiger partial charge in [-0.3, -0.25) is 0 Å². The molecule has 0 amide bonds. The standard InChI is InChI=1S/C15H22O3/c1-3-5-12-8-7-11(2)10-14(12)18-15(16)13-6-4-9-17-13/h4,6,9,11-12,14H,3,5,7-8,10H2,1-2H3. The molecule has 100 valence electrons. The lowest BCUT2D eigenvalue weighted by Gasteiger charge is -2.34. The van der Waals surface area contributed by atoms with E-state index in [9.17, 15) is 4.79 Å². The molecule has 1 aliphatic carbocycles. The lowest BCUT2D eigenvalue weighted by molar-refractivity contribution is -0.0115. The van der Waals surface area contributed by atoms with Gasteiger partial charge in [-0.1, -0.05) is 26.7 Å². The largest absolute Gasteiger partial charge is 0.457 e. The number of hydrogen-bond acceptors (Lipinski definition) is 3. The van der Waals surface area contributed by atoms with Crippen LogP contribution in [0.15, 0.2) is 22.8 Å². The minimum atomic E-state index is -0.319. The Balaban J connectivity index is 1.97. The van der Waals surface area contributed by atoms with Gasteiger partial charge in [-0.05, 0) is 43.2 Å². The number of ether oxygens (including phenoxy) is 1. The van der Waals surface area contributed by atoms with Crippen molar-refractivity contribution < 1.29 is 13.9 Å². The average molecular weight is 250 g/mol.